The van der Waals surface area contributed by atoms with Crippen molar-refractivity contribution in [2.24, 2.45) is 0 Å². The van der Waals surface area contributed by atoms with Gasteiger partial charge in [-0.2, -0.15) is 0 Å². The molecule has 0 saturated heterocycles. The van der Waals surface area contributed by atoms with Gasteiger partial charge in [-0.25, -0.2) is 0 Å². The van der Waals surface area contributed by atoms with Crippen LogP contribution in [0, 0.1) is 44.9 Å². The fourth-order valence-corrected chi connectivity index (χ4v) is 0.675. The van der Waals surface area contributed by atoms with Gasteiger partial charge in [0.2, 0.25) is 0 Å². The van der Waals surface area contributed by atoms with Gasteiger partial charge in [-0.05, 0) is 38.5 Å². The monoisotopic (exact) mass is 300 g/mol. The summed E-state index contributed by atoms with van der Waals surface area (Å²) in [6.07, 6.45) is 11.2. The zero-order valence-corrected chi connectivity index (χ0v) is 11.7. The van der Waals surface area contributed by atoms with E-state index < -0.39 is 0 Å². The van der Waals surface area contributed by atoms with Gasteiger partial charge in [0.25, 0.3) is 0 Å². The molecule has 0 bridgehead atoms. The van der Waals surface area contributed by atoms with E-state index in [1.165, 1.54) is 18.9 Å². The summed E-state index contributed by atoms with van der Waals surface area (Å²) >= 11 is 0. The molecule has 1 saturated carbocycles. The quantitative estimate of drug-likeness (QED) is 0.195. The SMILES string of the molecule is CC(=O)C=C=CC=O.C[C]1[CH][CH][CH][CH]1.[C-]#[O+].[C-]#[O+].[Mn]. The van der Waals surface area contributed by atoms with Gasteiger partial charge in [0, 0.05) is 29.2 Å². The van der Waals surface area contributed by atoms with E-state index in [9.17, 15) is 9.59 Å². The Labute approximate surface area is 125 Å². The second kappa shape index (κ2) is 25.6. The summed E-state index contributed by atoms with van der Waals surface area (Å²) < 4.78 is 15.0. The summed E-state index contributed by atoms with van der Waals surface area (Å²) in [4.78, 5) is 19.6. The Morgan fingerprint density at radius 1 is 1.21 bits per heavy atom. The number of carbonyl (C=O) groups is 2. The van der Waals surface area contributed by atoms with Crippen molar-refractivity contribution in [3.8, 4) is 0 Å². The first-order valence-corrected chi connectivity index (χ1v) is 4.62. The molecule has 1 aliphatic rings. The minimum absolute atomic E-state index is 0. The number of rotatable bonds is 2. The second-order valence-corrected chi connectivity index (χ2v) is 2.69. The smallest absolute Gasteiger partial charge is 0 e. The van der Waals surface area contributed by atoms with E-state index in [-0.39, 0.29) is 22.9 Å². The van der Waals surface area contributed by atoms with Gasteiger partial charge in [0.1, 0.15) is 0 Å². The van der Waals surface area contributed by atoms with Crippen LogP contribution in [-0.4, -0.2) is 12.1 Å². The molecular formula is C14H13MnO4. The van der Waals surface area contributed by atoms with Crippen molar-refractivity contribution in [2.75, 3.05) is 0 Å². The van der Waals surface area contributed by atoms with Gasteiger partial charge in [0.05, 0.1) is 0 Å². The maximum Gasteiger partial charge on any atom is 0 e. The van der Waals surface area contributed by atoms with E-state index in [1.807, 2.05) is 12.8 Å². The molecule has 0 aromatic carbocycles. The van der Waals surface area contributed by atoms with Crippen molar-refractivity contribution in [1.82, 2.24) is 0 Å². The minimum atomic E-state index is -0.108. The van der Waals surface area contributed by atoms with Crippen LogP contribution in [0.5, 0.6) is 0 Å². The molecule has 1 fully saturated rings. The molecule has 0 amide bonds. The van der Waals surface area contributed by atoms with Crippen molar-refractivity contribution in [3.05, 3.63) is 62.8 Å². The van der Waals surface area contributed by atoms with E-state index in [1.54, 1.807) is 0 Å². The van der Waals surface area contributed by atoms with Crippen molar-refractivity contribution < 1.29 is 36.0 Å². The summed E-state index contributed by atoms with van der Waals surface area (Å²) in [6.45, 7) is 12.5. The Morgan fingerprint density at radius 2 is 1.63 bits per heavy atom. The van der Waals surface area contributed by atoms with Crippen LogP contribution in [0.3, 0.4) is 0 Å². The van der Waals surface area contributed by atoms with Gasteiger partial charge >= 0.3 is 22.6 Å². The summed E-state index contributed by atoms with van der Waals surface area (Å²) in [7, 11) is 0. The average molecular weight is 300 g/mol. The van der Waals surface area contributed by atoms with Crippen LogP contribution in [0.2, 0.25) is 0 Å². The van der Waals surface area contributed by atoms with Gasteiger partial charge in [-0.3, -0.25) is 9.59 Å². The summed E-state index contributed by atoms with van der Waals surface area (Å²) in [6, 6.07) is 0. The average Bonchev–Trinajstić information content (AvgIpc) is 2.86. The van der Waals surface area contributed by atoms with Crippen LogP contribution in [0.4, 0.5) is 0 Å². The topological polar surface area (TPSA) is 73.9 Å². The predicted molar refractivity (Wildman–Crippen MR) is 63.4 cm³/mol. The van der Waals surface area contributed by atoms with Crippen LogP contribution in [0.25, 0.3) is 0 Å². The number of carbonyl (C=O) groups excluding carboxylic acids is 2. The maximum absolute atomic E-state index is 10.1. The number of aldehydes is 1. The Hall–Kier alpha value is -1.14. The van der Waals surface area contributed by atoms with Crippen LogP contribution < -0.4 is 0 Å². The molecule has 0 spiro atoms. The Morgan fingerprint density at radius 3 is 1.84 bits per heavy atom. The number of allylic oxidation sites excluding steroid dienone is 1. The molecular weight excluding hydrogens is 287 g/mol. The molecule has 4 nitrogen and oxygen atoms in total. The van der Waals surface area contributed by atoms with E-state index in [0.29, 0.717) is 6.29 Å². The van der Waals surface area contributed by atoms with Crippen LogP contribution in [0.15, 0.2) is 17.9 Å². The standard InChI is InChI=1S/C6H6O2.C6H7.2CO.Mn/c1-6(8)4-2-3-5-7;1-6-4-2-3-5-6;2*1-2;/h3-5H,1H3;2-5H,1H3;;;. The van der Waals surface area contributed by atoms with Crippen molar-refractivity contribution >= 4 is 12.1 Å². The van der Waals surface area contributed by atoms with E-state index in [4.69, 9.17) is 9.30 Å². The second-order valence-electron chi connectivity index (χ2n) is 2.69. The molecule has 5 heteroatoms. The molecule has 6 radical (unpaired) electrons. The Balaban J connectivity index is -0.0000000912. The van der Waals surface area contributed by atoms with Crippen molar-refractivity contribution in [1.29, 1.82) is 0 Å². The number of hydrogen-bond donors (Lipinski definition) is 0. The van der Waals surface area contributed by atoms with Crippen LogP contribution in [0.1, 0.15) is 13.8 Å². The Bertz CT molecular complexity index is 300. The normalized spacial score (nSPS) is 11.1. The summed E-state index contributed by atoms with van der Waals surface area (Å²) in [5, 5.41) is 0. The van der Waals surface area contributed by atoms with E-state index >= 15 is 0 Å². The molecule has 0 N–H and O–H groups in total. The van der Waals surface area contributed by atoms with Gasteiger partial charge in [-0.15, -0.1) is 5.73 Å². The largest absolute Gasteiger partial charge is 0 e. The van der Waals surface area contributed by atoms with Crippen LogP contribution in [-0.2, 0) is 36.0 Å². The van der Waals surface area contributed by atoms with Crippen molar-refractivity contribution in [3.63, 3.8) is 0 Å². The van der Waals surface area contributed by atoms with Gasteiger partial charge < -0.3 is 0 Å². The van der Waals surface area contributed by atoms with Crippen LogP contribution >= 0.6 is 0 Å². The molecule has 19 heavy (non-hydrogen) atoms. The first kappa shape index (κ1) is 26.4. The van der Waals surface area contributed by atoms with Gasteiger partial charge in [0.15, 0.2) is 12.1 Å². The first-order chi connectivity index (χ1) is 8.66. The minimum Gasteiger partial charge on any atom is 0 e. The first-order valence-electron chi connectivity index (χ1n) is 4.62. The zero-order valence-electron chi connectivity index (χ0n) is 10.6. The predicted octanol–water partition coefficient (Wildman–Crippen LogP) is 1.82. The fraction of sp³-hybridized carbons (Fsp3) is 0.143. The Kier molecular flexibility index (Phi) is 35.7. The van der Waals surface area contributed by atoms with Gasteiger partial charge in [-0.1, -0.05) is 6.92 Å². The third kappa shape index (κ3) is 31.6. The van der Waals surface area contributed by atoms with E-state index in [2.05, 4.69) is 38.8 Å². The molecule has 1 rings (SSSR count). The summed E-state index contributed by atoms with van der Waals surface area (Å²) in [5.41, 5.74) is 2.37. The fourth-order valence-electron chi connectivity index (χ4n) is 0.675. The molecule has 0 heterocycles. The third-order valence-electron chi connectivity index (χ3n) is 1.28. The number of ketones is 1. The number of hydrogen-bond acceptors (Lipinski definition) is 2. The van der Waals surface area contributed by atoms with E-state index in [0.717, 1.165) is 6.08 Å². The molecule has 0 unspecified atom stereocenters. The molecule has 0 aromatic heterocycles. The molecule has 0 aliphatic heterocycles. The zero-order chi connectivity index (χ0) is 14.8. The molecule has 1 aliphatic carbocycles. The van der Waals surface area contributed by atoms with Crippen molar-refractivity contribution in [2.45, 2.75) is 13.8 Å². The summed E-state index contributed by atoms with van der Waals surface area (Å²) in [5.74, 6) is 1.23. The molecule has 0 aromatic rings. The maximum atomic E-state index is 10.1. The third-order valence-corrected chi connectivity index (χ3v) is 1.28. The molecule has 0 atom stereocenters. The molecule has 100 valence electrons.